The first kappa shape index (κ1) is 18.8. The van der Waals surface area contributed by atoms with E-state index in [9.17, 15) is 0 Å². The molecule has 1 aliphatic rings. The van der Waals surface area contributed by atoms with E-state index in [0.717, 1.165) is 42.6 Å². The third-order valence-corrected chi connectivity index (χ3v) is 4.92. The summed E-state index contributed by atoms with van der Waals surface area (Å²) in [5, 5.41) is 0.686. The molecule has 2 aromatic rings. The van der Waals surface area contributed by atoms with Crippen LogP contribution in [0.3, 0.4) is 0 Å². The molecule has 3 rings (SSSR count). The average Bonchev–Trinajstić information content (AvgIpc) is 2.65. The second-order valence-electron chi connectivity index (χ2n) is 6.75. The summed E-state index contributed by atoms with van der Waals surface area (Å²) >= 11 is 6.06. The van der Waals surface area contributed by atoms with E-state index < -0.39 is 5.60 Å². The van der Waals surface area contributed by atoms with Crippen LogP contribution in [0.15, 0.2) is 48.5 Å². The van der Waals surface area contributed by atoms with Gasteiger partial charge >= 0.3 is 0 Å². The summed E-state index contributed by atoms with van der Waals surface area (Å²) in [4.78, 5) is 0. The molecule has 0 aromatic heterocycles. The van der Waals surface area contributed by atoms with Gasteiger partial charge in [0.2, 0.25) is 0 Å². The fourth-order valence-corrected chi connectivity index (χ4v) is 3.44. The number of ether oxygens (including phenoxy) is 2. The summed E-state index contributed by atoms with van der Waals surface area (Å²) in [7, 11) is 1.66. The molecule has 0 radical (unpaired) electrons. The number of hydrogen-bond donors (Lipinski definition) is 1. The van der Waals surface area contributed by atoms with Gasteiger partial charge in [-0.15, -0.1) is 0 Å². The highest BCUT2D eigenvalue weighted by molar-refractivity contribution is 6.30. The number of hydrogen-bond acceptors (Lipinski definition) is 3. The lowest BCUT2D eigenvalue weighted by Crippen LogP contribution is -2.42. The van der Waals surface area contributed by atoms with Crippen molar-refractivity contribution in [1.82, 2.24) is 0 Å². The Morgan fingerprint density at radius 1 is 1.23 bits per heavy atom. The van der Waals surface area contributed by atoms with Crippen molar-refractivity contribution in [2.75, 3.05) is 7.11 Å². The second-order valence-corrected chi connectivity index (χ2v) is 7.18. The molecular formula is C22H24ClNO2. The molecule has 0 saturated heterocycles. The molecule has 2 atom stereocenters. The maximum Gasteiger partial charge on any atom is 0.130 e. The van der Waals surface area contributed by atoms with E-state index >= 15 is 0 Å². The summed E-state index contributed by atoms with van der Waals surface area (Å²) in [6.45, 7) is 0.501. The van der Waals surface area contributed by atoms with E-state index in [-0.39, 0.29) is 6.04 Å². The SMILES string of the molecule is COc1ccc(CO[C@]2(C#Cc3cccc(Cl)c3)CCC[C@@H](N)C2)cc1. The van der Waals surface area contributed by atoms with Gasteiger partial charge in [-0.25, -0.2) is 0 Å². The van der Waals surface area contributed by atoms with Crippen LogP contribution in [0.25, 0.3) is 0 Å². The van der Waals surface area contributed by atoms with Gasteiger partial charge in [0.25, 0.3) is 0 Å². The zero-order valence-corrected chi connectivity index (χ0v) is 15.8. The van der Waals surface area contributed by atoms with E-state index in [0.29, 0.717) is 11.6 Å². The highest BCUT2D eigenvalue weighted by atomic mass is 35.5. The van der Waals surface area contributed by atoms with E-state index in [4.69, 9.17) is 26.8 Å². The lowest BCUT2D eigenvalue weighted by atomic mass is 9.82. The van der Waals surface area contributed by atoms with Crippen molar-refractivity contribution in [2.45, 2.75) is 43.9 Å². The van der Waals surface area contributed by atoms with Crippen LogP contribution in [0.5, 0.6) is 5.75 Å². The van der Waals surface area contributed by atoms with Gasteiger partial charge < -0.3 is 15.2 Å². The summed E-state index contributed by atoms with van der Waals surface area (Å²) in [5.74, 6) is 7.44. The number of benzene rings is 2. The highest BCUT2D eigenvalue weighted by Gasteiger charge is 2.34. The zero-order valence-electron chi connectivity index (χ0n) is 15.0. The third kappa shape index (κ3) is 5.02. The molecule has 0 aliphatic heterocycles. The lowest BCUT2D eigenvalue weighted by Gasteiger charge is -2.35. The number of rotatable bonds is 4. The minimum absolute atomic E-state index is 0.119. The van der Waals surface area contributed by atoms with E-state index in [2.05, 4.69) is 11.8 Å². The molecule has 0 amide bonds. The van der Waals surface area contributed by atoms with Gasteiger partial charge in [0.15, 0.2) is 0 Å². The lowest BCUT2D eigenvalue weighted by molar-refractivity contribution is -0.0411. The zero-order chi connectivity index (χ0) is 18.4. The molecule has 0 unspecified atom stereocenters. The molecule has 2 aromatic carbocycles. The van der Waals surface area contributed by atoms with Crippen molar-refractivity contribution >= 4 is 11.6 Å². The average molecular weight is 370 g/mol. The van der Waals surface area contributed by atoms with Gasteiger partial charge in [0, 0.05) is 23.0 Å². The molecule has 0 spiro atoms. The maximum atomic E-state index is 6.33. The fourth-order valence-electron chi connectivity index (χ4n) is 3.25. The number of nitrogens with two attached hydrogens (primary N) is 1. The predicted octanol–water partition coefficient (Wildman–Crippen LogP) is 4.56. The first-order valence-corrected chi connectivity index (χ1v) is 9.28. The molecule has 0 heterocycles. The Bertz CT molecular complexity index is 794. The van der Waals surface area contributed by atoms with Crippen LogP contribution in [0, 0.1) is 11.8 Å². The summed E-state index contributed by atoms with van der Waals surface area (Å²) in [6, 6.07) is 15.6. The van der Waals surface area contributed by atoms with Crippen LogP contribution in [0.4, 0.5) is 0 Å². The van der Waals surface area contributed by atoms with Gasteiger partial charge in [-0.1, -0.05) is 41.6 Å². The van der Waals surface area contributed by atoms with Crippen molar-refractivity contribution in [3.63, 3.8) is 0 Å². The summed E-state index contributed by atoms with van der Waals surface area (Å²) in [5.41, 5.74) is 7.70. The molecule has 1 saturated carbocycles. The summed E-state index contributed by atoms with van der Waals surface area (Å²) in [6.07, 6.45) is 3.68. The molecule has 1 fully saturated rings. The fraction of sp³-hybridized carbons (Fsp3) is 0.364. The van der Waals surface area contributed by atoms with Gasteiger partial charge in [-0.2, -0.15) is 0 Å². The van der Waals surface area contributed by atoms with Gasteiger partial charge in [-0.3, -0.25) is 0 Å². The molecule has 4 heteroatoms. The molecule has 0 bridgehead atoms. The van der Waals surface area contributed by atoms with Crippen molar-refractivity contribution in [1.29, 1.82) is 0 Å². The summed E-state index contributed by atoms with van der Waals surface area (Å²) < 4.78 is 11.5. The molecule has 3 nitrogen and oxygen atoms in total. The van der Waals surface area contributed by atoms with Gasteiger partial charge in [0.05, 0.1) is 13.7 Å². The normalized spacial score (nSPS) is 22.3. The Kier molecular flexibility index (Phi) is 6.21. The van der Waals surface area contributed by atoms with Crippen molar-refractivity contribution in [3.8, 4) is 17.6 Å². The highest BCUT2D eigenvalue weighted by Crippen LogP contribution is 2.32. The predicted molar refractivity (Wildman–Crippen MR) is 105 cm³/mol. The van der Waals surface area contributed by atoms with Crippen molar-refractivity contribution in [3.05, 3.63) is 64.7 Å². The molecule has 26 heavy (non-hydrogen) atoms. The minimum Gasteiger partial charge on any atom is -0.497 e. The Morgan fingerprint density at radius 3 is 2.73 bits per heavy atom. The molecule has 1 aliphatic carbocycles. The third-order valence-electron chi connectivity index (χ3n) is 4.68. The Labute approximate surface area is 160 Å². The first-order chi connectivity index (χ1) is 12.6. The van der Waals surface area contributed by atoms with Crippen LogP contribution in [-0.4, -0.2) is 18.8 Å². The Morgan fingerprint density at radius 2 is 2.04 bits per heavy atom. The topological polar surface area (TPSA) is 44.5 Å². The number of halogens is 1. The van der Waals surface area contributed by atoms with Crippen molar-refractivity contribution < 1.29 is 9.47 Å². The van der Waals surface area contributed by atoms with E-state index in [1.807, 2.05) is 48.5 Å². The smallest absolute Gasteiger partial charge is 0.130 e. The van der Waals surface area contributed by atoms with Crippen LogP contribution in [0.2, 0.25) is 5.02 Å². The minimum atomic E-state index is -0.514. The monoisotopic (exact) mass is 369 g/mol. The maximum absolute atomic E-state index is 6.33. The van der Waals surface area contributed by atoms with Gasteiger partial charge in [-0.05, 0) is 55.2 Å². The van der Waals surface area contributed by atoms with Crippen LogP contribution < -0.4 is 10.5 Å². The number of methoxy groups -OCH3 is 1. The Hall–Kier alpha value is -1.99. The largest absolute Gasteiger partial charge is 0.497 e. The van der Waals surface area contributed by atoms with Crippen molar-refractivity contribution in [2.24, 2.45) is 5.73 Å². The Balaban J connectivity index is 1.78. The van der Waals surface area contributed by atoms with E-state index in [1.165, 1.54) is 0 Å². The van der Waals surface area contributed by atoms with Crippen LogP contribution in [0.1, 0.15) is 36.8 Å². The molecule has 136 valence electrons. The quantitative estimate of drug-likeness (QED) is 0.803. The molecule has 2 N–H and O–H groups in total. The van der Waals surface area contributed by atoms with E-state index in [1.54, 1.807) is 7.11 Å². The standard InChI is InChI=1S/C22H24ClNO2/c1-25-21-9-7-18(8-10-21)16-26-22(12-3-6-20(24)15-22)13-11-17-4-2-5-19(23)14-17/h2,4-5,7-10,14,20H,3,6,12,15-16,24H2,1H3/t20-,22+/m1/s1. The van der Waals surface area contributed by atoms with Crippen LogP contribution in [-0.2, 0) is 11.3 Å². The molecular weight excluding hydrogens is 346 g/mol. The van der Waals surface area contributed by atoms with Gasteiger partial charge in [0.1, 0.15) is 11.4 Å². The van der Waals surface area contributed by atoms with Crippen LogP contribution >= 0.6 is 11.6 Å². The first-order valence-electron chi connectivity index (χ1n) is 8.90. The second kappa shape index (κ2) is 8.60.